The maximum Gasteiger partial charge on any atom is 0.260 e. The molecule has 0 amide bonds. The van der Waals surface area contributed by atoms with Gasteiger partial charge >= 0.3 is 0 Å². The highest BCUT2D eigenvalue weighted by Crippen LogP contribution is 2.31. The molecule has 0 bridgehead atoms. The van der Waals surface area contributed by atoms with Crippen molar-refractivity contribution in [3.63, 3.8) is 0 Å². The number of nitrogens with zero attached hydrogens (tertiary/aromatic N) is 3. The molecule has 1 heterocycles. The molecular weight excluding hydrogens is 254 g/mol. The van der Waals surface area contributed by atoms with Crippen LogP contribution in [0.3, 0.4) is 0 Å². The van der Waals surface area contributed by atoms with Gasteiger partial charge in [-0.3, -0.25) is 10.1 Å². The molecule has 2 rings (SSSR count). The van der Waals surface area contributed by atoms with Gasteiger partial charge in [0.15, 0.2) is 5.03 Å². The van der Waals surface area contributed by atoms with Crippen LogP contribution in [0, 0.1) is 5.41 Å². The van der Waals surface area contributed by atoms with Crippen LogP contribution < -0.4 is 5.73 Å². The lowest BCUT2D eigenvalue weighted by atomic mass is 10.4. The van der Waals surface area contributed by atoms with E-state index in [2.05, 4.69) is 5.10 Å². The summed E-state index contributed by atoms with van der Waals surface area (Å²) in [7, 11) is -1.94. The van der Waals surface area contributed by atoms with Crippen LogP contribution in [0.25, 0.3) is 0 Å². The Hall–Kier alpha value is -1.41. The third-order valence-electron chi connectivity index (χ3n) is 2.90. The summed E-state index contributed by atoms with van der Waals surface area (Å²) in [5.74, 6) is 0.000793. The van der Waals surface area contributed by atoms with Gasteiger partial charge in [-0.1, -0.05) is 0 Å². The number of nitrogens with two attached hydrogens (primary N) is 1. The largest absolute Gasteiger partial charge is 0.388 e. The molecule has 3 N–H and O–H groups in total. The van der Waals surface area contributed by atoms with Gasteiger partial charge in [0, 0.05) is 26.1 Å². The van der Waals surface area contributed by atoms with Crippen LogP contribution in [0.2, 0.25) is 0 Å². The monoisotopic (exact) mass is 271 g/mol. The Morgan fingerprint density at radius 2 is 2.33 bits per heavy atom. The molecule has 0 aromatic carbocycles. The molecule has 0 radical (unpaired) electrons. The lowest BCUT2D eigenvalue weighted by Gasteiger charge is -2.21. The lowest BCUT2D eigenvalue weighted by Crippen LogP contribution is -2.36. The summed E-state index contributed by atoms with van der Waals surface area (Å²) >= 11 is 0. The molecule has 8 heteroatoms. The standard InChI is InChI=1S/C10H17N5O2S/c1-14-10(4-6-13-14)18(16,17)15(8-2-3-8)7-5-9(11)12/h4,6,8H,2-3,5,7H2,1H3,(H3,11,12). The minimum absolute atomic E-state index is 0.000793. The van der Waals surface area contributed by atoms with E-state index >= 15 is 0 Å². The summed E-state index contributed by atoms with van der Waals surface area (Å²) in [6.45, 7) is 0.257. The predicted molar refractivity (Wildman–Crippen MR) is 66.7 cm³/mol. The highest BCUT2D eigenvalue weighted by Gasteiger charge is 2.38. The first-order chi connectivity index (χ1) is 8.43. The molecule has 1 aliphatic carbocycles. The summed E-state index contributed by atoms with van der Waals surface area (Å²) in [5, 5.41) is 11.3. The van der Waals surface area contributed by atoms with Gasteiger partial charge in [0.2, 0.25) is 0 Å². The molecule has 0 unspecified atom stereocenters. The number of aromatic nitrogens is 2. The number of rotatable bonds is 6. The average Bonchev–Trinajstić information content (AvgIpc) is 2.99. The molecule has 1 aliphatic rings. The van der Waals surface area contributed by atoms with E-state index < -0.39 is 10.0 Å². The van der Waals surface area contributed by atoms with Crippen molar-refractivity contribution in [3.8, 4) is 0 Å². The molecule has 0 aliphatic heterocycles. The van der Waals surface area contributed by atoms with Crippen molar-refractivity contribution >= 4 is 15.9 Å². The van der Waals surface area contributed by atoms with Crippen LogP contribution in [-0.4, -0.2) is 40.9 Å². The van der Waals surface area contributed by atoms with Crippen LogP contribution in [0.4, 0.5) is 0 Å². The SMILES string of the molecule is Cn1nccc1S(=O)(=O)N(CCC(=N)N)C1CC1. The summed E-state index contributed by atoms with van der Waals surface area (Å²) in [4.78, 5) is 0. The second-order valence-electron chi connectivity index (χ2n) is 4.42. The summed E-state index contributed by atoms with van der Waals surface area (Å²) in [5.41, 5.74) is 5.30. The third-order valence-corrected chi connectivity index (χ3v) is 4.93. The molecular formula is C10H17N5O2S. The van der Waals surface area contributed by atoms with Gasteiger partial charge in [-0.05, 0) is 18.9 Å². The molecule has 18 heavy (non-hydrogen) atoms. The first kappa shape index (κ1) is 13.0. The topological polar surface area (TPSA) is 105 Å². The highest BCUT2D eigenvalue weighted by molar-refractivity contribution is 7.89. The number of hydrogen-bond acceptors (Lipinski definition) is 4. The summed E-state index contributed by atoms with van der Waals surface area (Å²) in [6.07, 6.45) is 3.46. The maximum absolute atomic E-state index is 12.5. The van der Waals surface area contributed by atoms with Gasteiger partial charge in [-0.2, -0.15) is 9.40 Å². The minimum atomic E-state index is -3.54. The van der Waals surface area contributed by atoms with E-state index in [0.717, 1.165) is 12.8 Å². The van der Waals surface area contributed by atoms with Gasteiger partial charge in [-0.25, -0.2) is 8.42 Å². The normalized spacial score (nSPS) is 16.1. The Bertz CT molecular complexity index is 546. The van der Waals surface area contributed by atoms with Gasteiger partial charge < -0.3 is 5.73 Å². The molecule has 1 aromatic heterocycles. The fourth-order valence-electron chi connectivity index (χ4n) is 1.83. The molecule has 1 fully saturated rings. The summed E-state index contributed by atoms with van der Waals surface area (Å²) < 4.78 is 27.7. The number of amidine groups is 1. The zero-order valence-corrected chi connectivity index (χ0v) is 11.0. The fraction of sp³-hybridized carbons (Fsp3) is 0.600. The second-order valence-corrected chi connectivity index (χ2v) is 6.25. The smallest absolute Gasteiger partial charge is 0.260 e. The average molecular weight is 271 g/mol. The predicted octanol–water partition coefficient (Wildman–Crippen LogP) is -0.101. The van der Waals surface area contributed by atoms with Crippen molar-refractivity contribution in [2.24, 2.45) is 12.8 Å². The zero-order valence-electron chi connectivity index (χ0n) is 10.2. The molecule has 7 nitrogen and oxygen atoms in total. The number of hydrogen-bond donors (Lipinski definition) is 2. The highest BCUT2D eigenvalue weighted by atomic mass is 32.2. The zero-order chi connectivity index (χ0) is 13.3. The molecule has 100 valence electrons. The van der Waals surface area contributed by atoms with E-state index in [1.807, 2.05) is 0 Å². The van der Waals surface area contributed by atoms with Crippen LogP contribution >= 0.6 is 0 Å². The molecule has 1 aromatic rings. The Morgan fingerprint density at radius 1 is 1.67 bits per heavy atom. The Balaban J connectivity index is 2.25. The minimum Gasteiger partial charge on any atom is -0.388 e. The van der Waals surface area contributed by atoms with Crippen LogP contribution in [0.15, 0.2) is 17.3 Å². The van der Waals surface area contributed by atoms with Crippen molar-refractivity contribution in [3.05, 3.63) is 12.3 Å². The third kappa shape index (κ3) is 2.54. The first-order valence-electron chi connectivity index (χ1n) is 5.75. The van der Waals surface area contributed by atoms with E-state index in [9.17, 15) is 8.42 Å². The van der Waals surface area contributed by atoms with Crippen molar-refractivity contribution in [1.29, 1.82) is 5.41 Å². The van der Waals surface area contributed by atoms with Crippen molar-refractivity contribution < 1.29 is 8.42 Å². The quantitative estimate of drug-likeness (QED) is 0.556. The van der Waals surface area contributed by atoms with Crippen molar-refractivity contribution in [2.45, 2.75) is 30.3 Å². The number of aryl methyl sites for hydroxylation is 1. The van der Waals surface area contributed by atoms with Gasteiger partial charge in [0.25, 0.3) is 10.0 Å². The molecule has 0 saturated heterocycles. The maximum atomic E-state index is 12.5. The first-order valence-corrected chi connectivity index (χ1v) is 7.19. The molecule has 0 atom stereocenters. The van der Waals surface area contributed by atoms with E-state index in [1.54, 1.807) is 7.05 Å². The molecule has 1 saturated carbocycles. The molecule has 0 spiro atoms. The lowest BCUT2D eigenvalue weighted by molar-refractivity contribution is 0.406. The van der Waals surface area contributed by atoms with E-state index in [1.165, 1.54) is 21.3 Å². The van der Waals surface area contributed by atoms with E-state index in [-0.39, 0.29) is 29.9 Å². The van der Waals surface area contributed by atoms with Crippen LogP contribution in [-0.2, 0) is 17.1 Å². The number of sulfonamides is 1. The Morgan fingerprint density at radius 3 is 2.78 bits per heavy atom. The van der Waals surface area contributed by atoms with Crippen LogP contribution in [0.1, 0.15) is 19.3 Å². The van der Waals surface area contributed by atoms with E-state index in [0.29, 0.717) is 0 Å². The Kier molecular flexibility index (Phi) is 3.40. The fourth-order valence-corrected chi connectivity index (χ4v) is 3.62. The van der Waals surface area contributed by atoms with Crippen molar-refractivity contribution in [1.82, 2.24) is 14.1 Å². The van der Waals surface area contributed by atoms with Gasteiger partial charge in [0.05, 0.1) is 12.0 Å². The number of nitrogens with one attached hydrogen (secondary N) is 1. The second kappa shape index (κ2) is 4.69. The Labute approximate surface area is 106 Å². The van der Waals surface area contributed by atoms with Crippen molar-refractivity contribution in [2.75, 3.05) is 6.54 Å². The van der Waals surface area contributed by atoms with Crippen LogP contribution in [0.5, 0.6) is 0 Å². The summed E-state index contributed by atoms with van der Waals surface area (Å²) in [6, 6.07) is 1.53. The van der Waals surface area contributed by atoms with Gasteiger partial charge in [-0.15, -0.1) is 0 Å². The van der Waals surface area contributed by atoms with E-state index in [4.69, 9.17) is 11.1 Å². The van der Waals surface area contributed by atoms with Gasteiger partial charge in [0.1, 0.15) is 0 Å².